The van der Waals surface area contributed by atoms with Crippen molar-refractivity contribution in [1.29, 1.82) is 0 Å². The summed E-state index contributed by atoms with van der Waals surface area (Å²) in [6, 6.07) is 5.85. The quantitative estimate of drug-likeness (QED) is 0.597. The number of hydrogen-bond donors (Lipinski definition) is 1. The van der Waals surface area contributed by atoms with E-state index in [9.17, 15) is 4.79 Å². The van der Waals surface area contributed by atoms with Gasteiger partial charge in [-0.05, 0) is 0 Å². The molecule has 3 heterocycles. The van der Waals surface area contributed by atoms with Crippen molar-refractivity contribution < 1.29 is 15.7 Å². The summed E-state index contributed by atoms with van der Waals surface area (Å²) in [5.74, 6) is 1.39. The van der Waals surface area contributed by atoms with E-state index >= 15 is 0 Å². The molecule has 0 unspecified atom stereocenters. The molecule has 2 fully saturated rings. The predicted molar refractivity (Wildman–Crippen MR) is 125 cm³/mol. The Morgan fingerprint density at radius 2 is 2.00 bits per heavy atom. The van der Waals surface area contributed by atoms with Crippen molar-refractivity contribution in [2.75, 3.05) is 32.2 Å². The first kappa shape index (κ1) is 21.6. The Labute approximate surface area is 185 Å². The molecule has 2 saturated heterocycles. The second-order valence-corrected chi connectivity index (χ2v) is 12.5. The Balaban J connectivity index is 1.47. The number of nitrogens with two attached hydrogens (primary N) is 1. The monoisotopic (exact) mass is 527 g/mol. The molecule has 4 rings (SSSR count). The van der Waals surface area contributed by atoms with Gasteiger partial charge in [-0.1, -0.05) is 20.8 Å². The molecule has 30 heavy (non-hydrogen) atoms. The number of nitrogens with zero attached hydrogens (tertiary/aromatic N) is 2. The number of carbonyl (C=O) groups is 1. The van der Waals surface area contributed by atoms with E-state index in [-0.39, 0.29) is 11.3 Å². The molecule has 2 N–H and O–H groups in total. The first-order valence-electron chi connectivity index (χ1n) is 10.3. The standard InChI is InChI=1S/C22H30IN3O4/c1-14-19(23-29-13-30-23)20(24)18-16(25-14)6-5-7-17(18)28-12-15-8-10-26(11-9-15)21(27)22(2,3)4/h5-7,15H,8-13H2,1-4H3,(H2,24,25). The number of anilines is 1. The molecule has 1 aromatic carbocycles. The van der Waals surface area contributed by atoms with Crippen LogP contribution >= 0.6 is 20.6 Å². The summed E-state index contributed by atoms with van der Waals surface area (Å²) < 4.78 is 18.4. The van der Waals surface area contributed by atoms with Crippen molar-refractivity contribution in [2.45, 2.75) is 40.5 Å². The molecule has 1 aromatic heterocycles. The summed E-state index contributed by atoms with van der Waals surface area (Å²) in [5, 5.41) is 0.842. The van der Waals surface area contributed by atoms with Crippen LogP contribution < -0.4 is 10.5 Å². The summed E-state index contributed by atoms with van der Waals surface area (Å²) in [4.78, 5) is 19.2. The van der Waals surface area contributed by atoms with Gasteiger partial charge in [-0.25, -0.2) is 0 Å². The molecule has 0 radical (unpaired) electrons. The van der Waals surface area contributed by atoms with E-state index in [0.29, 0.717) is 25.0 Å². The van der Waals surface area contributed by atoms with Crippen LogP contribution in [0.15, 0.2) is 18.2 Å². The molecule has 2 aliphatic rings. The molecular weight excluding hydrogens is 497 g/mol. The van der Waals surface area contributed by atoms with Gasteiger partial charge in [-0.15, -0.1) is 0 Å². The molecule has 8 heteroatoms. The number of aromatic nitrogens is 1. The number of pyridine rings is 1. The van der Waals surface area contributed by atoms with Gasteiger partial charge in [0.1, 0.15) is 0 Å². The third kappa shape index (κ3) is 4.22. The van der Waals surface area contributed by atoms with Crippen LogP contribution in [-0.2, 0) is 10.9 Å². The third-order valence-electron chi connectivity index (χ3n) is 5.58. The molecule has 0 spiro atoms. The van der Waals surface area contributed by atoms with E-state index in [1.807, 2.05) is 50.8 Å². The van der Waals surface area contributed by atoms with Gasteiger partial charge in [-0.2, -0.15) is 0 Å². The number of halogens is 1. The summed E-state index contributed by atoms with van der Waals surface area (Å²) in [6.45, 7) is 10.4. The summed E-state index contributed by atoms with van der Waals surface area (Å²) in [7, 11) is 0. The SMILES string of the molecule is Cc1nc2cccc(OCC3CCN(C(=O)C(C)(C)C)CC3)c2c(N)c1I1OCO1. The number of ether oxygens (including phenoxy) is 1. The van der Waals surface area contributed by atoms with Crippen LogP contribution in [0.4, 0.5) is 5.69 Å². The Hall–Kier alpha value is -1.65. The molecule has 7 nitrogen and oxygen atoms in total. The van der Waals surface area contributed by atoms with Crippen molar-refractivity contribution >= 4 is 43.1 Å². The van der Waals surface area contributed by atoms with Gasteiger partial charge in [0.2, 0.25) is 0 Å². The van der Waals surface area contributed by atoms with Crippen molar-refractivity contribution in [1.82, 2.24) is 9.88 Å². The minimum atomic E-state index is -2.11. The number of rotatable bonds is 4. The van der Waals surface area contributed by atoms with Crippen LogP contribution in [0.2, 0.25) is 0 Å². The second-order valence-electron chi connectivity index (χ2n) is 8.93. The van der Waals surface area contributed by atoms with Gasteiger partial charge >= 0.3 is 165 Å². The topological polar surface area (TPSA) is 86.9 Å². The van der Waals surface area contributed by atoms with E-state index in [4.69, 9.17) is 21.6 Å². The summed E-state index contributed by atoms with van der Waals surface area (Å²) >= 11 is -2.11. The number of piperidine rings is 1. The molecular formula is C22H30IN3O4. The zero-order valence-electron chi connectivity index (χ0n) is 18.0. The van der Waals surface area contributed by atoms with E-state index in [1.54, 1.807) is 0 Å². The van der Waals surface area contributed by atoms with E-state index < -0.39 is 20.6 Å². The van der Waals surface area contributed by atoms with Crippen molar-refractivity contribution in [3.05, 3.63) is 27.5 Å². The first-order valence-corrected chi connectivity index (χ1v) is 13.2. The Kier molecular flexibility index (Phi) is 6.09. The van der Waals surface area contributed by atoms with Crippen LogP contribution in [0.3, 0.4) is 0 Å². The Morgan fingerprint density at radius 3 is 2.60 bits per heavy atom. The van der Waals surface area contributed by atoms with Crippen LogP contribution in [0, 0.1) is 21.8 Å². The number of carbonyl (C=O) groups excluding carboxylic acids is 1. The number of fused-ring (bicyclic) bond motifs is 1. The Morgan fingerprint density at radius 1 is 1.30 bits per heavy atom. The fourth-order valence-electron chi connectivity index (χ4n) is 3.92. The van der Waals surface area contributed by atoms with Gasteiger partial charge in [0.25, 0.3) is 0 Å². The maximum atomic E-state index is 12.5. The molecule has 0 bridgehead atoms. The fraction of sp³-hybridized carbons (Fsp3) is 0.545. The van der Waals surface area contributed by atoms with Gasteiger partial charge in [0.05, 0.1) is 0 Å². The molecule has 0 saturated carbocycles. The third-order valence-corrected chi connectivity index (χ3v) is 9.46. The summed E-state index contributed by atoms with van der Waals surface area (Å²) in [5.41, 5.74) is 8.59. The number of likely N-dealkylation sites (tertiary alicyclic amines) is 1. The molecule has 1 amide bonds. The second kappa shape index (κ2) is 8.47. The van der Waals surface area contributed by atoms with Crippen LogP contribution in [0.5, 0.6) is 5.75 Å². The number of nitrogen functional groups attached to an aromatic ring is 1. The van der Waals surface area contributed by atoms with Crippen LogP contribution in [0.25, 0.3) is 10.9 Å². The van der Waals surface area contributed by atoms with Gasteiger partial charge in [0, 0.05) is 0 Å². The zero-order chi connectivity index (χ0) is 21.5. The summed E-state index contributed by atoms with van der Waals surface area (Å²) in [6.07, 6.45) is 1.89. The van der Waals surface area contributed by atoms with Gasteiger partial charge in [-0.3, -0.25) is 0 Å². The number of amides is 1. The van der Waals surface area contributed by atoms with Crippen molar-refractivity contribution in [3.8, 4) is 5.75 Å². The van der Waals surface area contributed by atoms with E-state index in [1.165, 1.54) is 0 Å². The number of hydrogen-bond acceptors (Lipinski definition) is 6. The predicted octanol–water partition coefficient (Wildman–Crippen LogP) is 4.30. The van der Waals surface area contributed by atoms with Crippen molar-refractivity contribution in [3.63, 3.8) is 0 Å². The van der Waals surface area contributed by atoms with Gasteiger partial charge in [0.15, 0.2) is 0 Å². The minimum absolute atomic E-state index is 0.225. The van der Waals surface area contributed by atoms with Crippen LogP contribution in [-0.4, -0.2) is 42.3 Å². The molecule has 0 atom stereocenters. The molecule has 2 aromatic rings. The van der Waals surface area contributed by atoms with Gasteiger partial charge < -0.3 is 0 Å². The fourth-order valence-corrected chi connectivity index (χ4v) is 6.55. The van der Waals surface area contributed by atoms with Crippen molar-refractivity contribution in [2.24, 2.45) is 11.3 Å². The number of aryl methyl sites for hydroxylation is 1. The van der Waals surface area contributed by atoms with Crippen LogP contribution in [0.1, 0.15) is 39.3 Å². The molecule has 2 aliphatic heterocycles. The maximum absolute atomic E-state index is 12.5. The average molecular weight is 527 g/mol. The number of benzene rings is 1. The van der Waals surface area contributed by atoms with E-state index in [0.717, 1.165) is 51.8 Å². The van der Waals surface area contributed by atoms with E-state index in [2.05, 4.69) is 0 Å². The average Bonchev–Trinajstić information content (AvgIpc) is 2.67. The normalized spacial score (nSPS) is 19.1. The zero-order valence-corrected chi connectivity index (χ0v) is 20.2. The first-order chi connectivity index (χ1) is 14.3. The Bertz CT molecular complexity index is 948. The molecule has 164 valence electrons. The molecule has 0 aliphatic carbocycles.